The first-order valence-electron chi connectivity index (χ1n) is 11.0. The van der Waals surface area contributed by atoms with E-state index in [2.05, 4.69) is 41.2 Å². The molecule has 5 rings (SSSR count). The molecule has 1 amide bonds. The summed E-state index contributed by atoms with van der Waals surface area (Å²) in [5, 5.41) is 5.33. The van der Waals surface area contributed by atoms with E-state index in [0.29, 0.717) is 35.8 Å². The summed E-state index contributed by atoms with van der Waals surface area (Å²) in [4.78, 5) is 22.7. The number of hydrogen-bond donors (Lipinski definition) is 0. The van der Waals surface area contributed by atoms with Gasteiger partial charge < -0.3 is 9.32 Å². The van der Waals surface area contributed by atoms with Gasteiger partial charge in [-0.2, -0.15) is 5.10 Å². The first-order valence-corrected chi connectivity index (χ1v) is 11.0. The van der Waals surface area contributed by atoms with Gasteiger partial charge in [-0.3, -0.25) is 14.4 Å². The lowest BCUT2D eigenvalue weighted by Gasteiger charge is -2.35. The molecule has 0 N–H and O–H groups in total. The van der Waals surface area contributed by atoms with Crippen LogP contribution >= 0.6 is 0 Å². The molecule has 0 radical (unpaired) electrons. The van der Waals surface area contributed by atoms with Crippen LogP contribution in [-0.4, -0.2) is 56.7 Å². The Morgan fingerprint density at radius 3 is 2.56 bits per heavy atom. The van der Waals surface area contributed by atoms with E-state index in [4.69, 9.17) is 9.40 Å². The van der Waals surface area contributed by atoms with Crippen molar-refractivity contribution in [3.8, 4) is 11.5 Å². The third kappa shape index (κ3) is 3.69. The number of hydrogen-bond acceptors (Lipinski definition) is 5. The fourth-order valence-electron chi connectivity index (χ4n) is 4.47. The molecule has 1 aromatic carbocycles. The van der Waals surface area contributed by atoms with Gasteiger partial charge in [0.05, 0.1) is 22.9 Å². The summed E-state index contributed by atoms with van der Waals surface area (Å²) in [5.74, 6) is 0.666. The molecule has 4 aromatic rings. The van der Waals surface area contributed by atoms with Crippen LogP contribution in [0.15, 0.2) is 53.1 Å². The minimum absolute atomic E-state index is 0.0249. The van der Waals surface area contributed by atoms with Gasteiger partial charge in [0.2, 0.25) is 0 Å². The number of rotatable bonds is 4. The second-order valence-corrected chi connectivity index (χ2v) is 8.43. The number of piperazine rings is 1. The third-order valence-corrected chi connectivity index (χ3v) is 6.29. The summed E-state index contributed by atoms with van der Waals surface area (Å²) in [7, 11) is 1.85. The average molecular weight is 430 g/mol. The first kappa shape index (κ1) is 20.5. The molecule has 7 nitrogen and oxygen atoms in total. The maximum atomic E-state index is 13.6. The van der Waals surface area contributed by atoms with Crippen LogP contribution in [0.5, 0.6) is 0 Å². The number of furan rings is 1. The van der Waals surface area contributed by atoms with E-state index in [9.17, 15) is 4.79 Å². The summed E-state index contributed by atoms with van der Waals surface area (Å²) < 4.78 is 7.28. The monoisotopic (exact) mass is 429 g/mol. The molecule has 7 heteroatoms. The summed E-state index contributed by atoms with van der Waals surface area (Å²) >= 11 is 0. The Balaban J connectivity index is 1.40. The van der Waals surface area contributed by atoms with Crippen LogP contribution in [0.1, 0.15) is 27.2 Å². The van der Waals surface area contributed by atoms with Crippen LogP contribution in [0.2, 0.25) is 0 Å². The topological polar surface area (TPSA) is 67.4 Å². The molecule has 3 aromatic heterocycles. The van der Waals surface area contributed by atoms with Crippen LogP contribution in [0.25, 0.3) is 22.5 Å². The van der Waals surface area contributed by atoms with Crippen molar-refractivity contribution in [1.29, 1.82) is 0 Å². The third-order valence-electron chi connectivity index (χ3n) is 6.29. The van der Waals surface area contributed by atoms with E-state index in [1.807, 2.05) is 37.1 Å². The molecule has 164 valence electrons. The molecule has 1 aliphatic heterocycles. The van der Waals surface area contributed by atoms with E-state index in [0.717, 1.165) is 30.7 Å². The predicted octanol–water partition coefficient (Wildman–Crippen LogP) is 3.80. The Labute approximate surface area is 187 Å². The first-order chi connectivity index (χ1) is 15.5. The molecule has 0 saturated carbocycles. The fourth-order valence-corrected chi connectivity index (χ4v) is 4.47. The number of aryl methyl sites for hydroxylation is 3. The quantitative estimate of drug-likeness (QED) is 0.494. The Kier molecular flexibility index (Phi) is 5.27. The summed E-state index contributed by atoms with van der Waals surface area (Å²) in [6.45, 7) is 8.09. The molecule has 1 saturated heterocycles. The summed E-state index contributed by atoms with van der Waals surface area (Å²) in [6.07, 6.45) is 1.62. The van der Waals surface area contributed by atoms with Gasteiger partial charge in [0.1, 0.15) is 5.69 Å². The fraction of sp³-hybridized carbons (Fsp3) is 0.320. The van der Waals surface area contributed by atoms with Gasteiger partial charge >= 0.3 is 0 Å². The largest absolute Gasteiger partial charge is 0.463 e. The van der Waals surface area contributed by atoms with Crippen LogP contribution in [0.3, 0.4) is 0 Å². The van der Waals surface area contributed by atoms with Crippen molar-refractivity contribution in [1.82, 2.24) is 24.6 Å². The van der Waals surface area contributed by atoms with E-state index >= 15 is 0 Å². The zero-order valence-corrected chi connectivity index (χ0v) is 18.7. The minimum atomic E-state index is 0.0249. The molecule has 0 aliphatic carbocycles. The molecule has 0 bridgehead atoms. The smallest absolute Gasteiger partial charge is 0.254 e. The number of carbonyl (C=O) groups excluding carboxylic acids is 1. The van der Waals surface area contributed by atoms with Crippen molar-refractivity contribution in [3.05, 3.63) is 71.1 Å². The van der Waals surface area contributed by atoms with E-state index in [1.165, 1.54) is 11.1 Å². The summed E-state index contributed by atoms with van der Waals surface area (Å²) in [5.41, 5.74) is 5.44. The molecule has 1 fully saturated rings. The zero-order chi connectivity index (χ0) is 22.2. The zero-order valence-electron chi connectivity index (χ0n) is 18.7. The maximum Gasteiger partial charge on any atom is 0.254 e. The normalized spacial score (nSPS) is 14.9. The van der Waals surface area contributed by atoms with Gasteiger partial charge in [0, 0.05) is 39.8 Å². The highest BCUT2D eigenvalue weighted by molar-refractivity contribution is 6.07. The van der Waals surface area contributed by atoms with Crippen molar-refractivity contribution in [2.45, 2.75) is 20.4 Å². The van der Waals surface area contributed by atoms with E-state index in [1.54, 1.807) is 10.9 Å². The predicted molar refractivity (Wildman–Crippen MR) is 123 cm³/mol. The Morgan fingerprint density at radius 2 is 1.84 bits per heavy atom. The van der Waals surface area contributed by atoms with Gasteiger partial charge in [-0.1, -0.05) is 24.3 Å². The van der Waals surface area contributed by atoms with Crippen molar-refractivity contribution < 1.29 is 9.21 Å². The van der Waals surface area contributed by atoms with Gasteiger partial charge in [0.15, 0.2) is 11.4 Å². The van der Waals surface area contributed by atoms with E-state index in [-0.39, 0.29) is 5.91 Å². The molecular formula is C25H27N5O2. The highest BCUT2D eigenvalue weighted by atomic mass is 16.3. The minimum Gasteiger partial charge on any atom is -0.463 e. The van der Waals surface area contributed by atoms with Crippen LogP contribution in [-0.2, 0) is 13.6 Å². The Morgan fingerprint density at radius 1 is 1.06 bits per heavy atom. The lowest BCUT2D eigenvalue weighted by molar-refractivity contribution is 0.0630. The second-order valence-electron chi connectivity index (χ2n) is 8.43. The SMILES string of the molecule is Cc1ccccc1CN1CCN(C(=O)c2cc(-c3ccco3)nc3c2c(C)nn3C)CC1. The number of fused-ring (bicyclic) bond motifs is 1. The molecule has 32 heavy (non-hydrogen) atoms. The number of carbonyl (C=O) groups is 1. The molecule has 0 spiro atoms. The Hall–Kier alpha value is -3.45. The Bertz CT molecular complexity index is 1270. The number of aromatic nitrogens is 3. The lowest BCUT2D eigenvalue weighted by Crippen LogP contribution is -2.48. The summed E-state index contributed by atoms with van der Waals surface area (Å²) in [6, 6.07) is 14.0. The van der Waals surface area contributed by atoms with Crippen LogP contribution in [0.4, 0.5) is 0 Å². The second kappa shape index (κ2) is 8.24. The van der Waals surface area contributed by atoms with Gasteiger partial charge in [-0.15, -0.1) is 0 Å². The lowest BCUT2D eigenvalue weighted by atomic mass is 10.1. The van der Waals surface area contributed by atoms with Gasteiger partial charge in [0.25, 0.3) is 5.91 Å². The molecule has 1 aliphatic rings. The molecule has 0 unspecified atom stereocenters. The van der Waals surface area contributed by atoms with Crippen molar-refractivity contribution in [2.24, 2.45) is 7.05 Å². The number of amides is 1. The molecule has 0 atom stereocenters. The number of benzene rings is 1. The van der Waals surface area contributed by atoms with Gasteiger partial charge in [-0.05, 0) is 43.2 Å². The number of nitrogens with zero attached hydrogens (tertiary/aromatic N) is 5. The van der Waals surface area contributed by atoms with Crippen molar-refractivity contribution >= 4 is 16.9 Å². The molecule has 4 heterocycles. The van der Waals surface area contributed by atoms with Crippen molar-refractivity contribution in [3.63, 3.8) is 0 Å². The number of pyridine rings is 1. The highest BCUT2D eigenvalue weighted by Gasteiger charge is 2.26. The van der Waals surface area contributed by atoms with E-state index < -0.39 is 0 Å². The molecular weight excluding hydrogens is 402 g/mol. The van der Waals surface area contributed by atoms with Gasteiger partial charge in [-0.25, -0.2) is 4.98 Å². The van der Waals surface area contributed by atoms with Crippen molar-refractivity contribution in [2.75, 3.05) is 26.2 Å². The average Bonchev–Trinajstić information content (AvgIpc) is 3.43. The maximum absolute atomic E-state index is 13.6. The van der Waals surface area contributed by atoms with Crippen LogP contribution < -0.4 is 0 Å². The van der Waals surface area contributed by atoms with Crippen LogP contribution in [0, 0.1) is 13.8 Å². The highest BCUT2D eigenvalue weighted by Crippen LogP contribution is 2.28. The standard InChI is InChI=1S/C25H27N5O2/c1-17-7-4-5-8-19(17)16-29-10-12-30(13-11-29)25(31)20-15-21(22-9-6-14-32-22)26-24-23(20)18(2)27-28(24)3/h4-9,14-15H,10-13,16H2,1-3H3.